The number of rotatable bonds is 10. The summed E-state index contributed by atoms with van der Waals surface area (Å²) in [7, 11) is 0. The first-order valence-corrected chi connectivity index (χ1v) is 12.4. The summed E-state index contributed by atoms with van der Waals surface area (Å²) < 4.78 is 0. The number of imide groups is 1. The Morgan fingerprint density at radius 1 is 1.14 bits per heavy atom. The van der Waals surface area contributed by atoms with E-state index < -0.39 is 36.0 Å². The zero-order valence-corrected chi connectivity index (χ0v) is 20.6. The number of nitrogens with two attached hydrogens (primary N) is 1. The molecule has 4 amide bonds. The maximum Gasteiger partial charge on any atom is 0.327 e. The predicted molar refractivity (Wildman–Crippen MR) is 136 cm³/mol. The Hall–Kier alpha value is -3.01. The van der Waals surface area contributed by atoms with E-state index in [4.69, 9.17) is 5.73 Å². The number of nitrogens with zero attached hydrogens (tertiary/aromatic N) is 2. The van der Waals surface area contributed by atoms with Crippen LogP contribution < -0.4 is 16.4 Å². The third-order valence-corrected chi connectivity index (χ3v) is 6.48. The van der Waals surface area contributed by atoms with Crippen LogP contribution in [0.15, 0.2) is 42.5 Å². The smallest absolute Gasteiger partial charge is 0.327 e. The van der Waals surface area contributed by atoms with Gasteiger partial charge in [0.1, 0.15) is 6.04 Å². The highest BCUT2D eigenvalue weighted by molar-refractivity contribution is 6.02. The Labute approximate surface area is 206 Å². The van der Waals surface area contributed by atoms with Crippen molar-refractivity contribution < 1.29 is 19.5 Å². The number of nitrogens with one attached hydrogen (secondary N) is 2. The van der Waals surface area contributed by atoms with Gasteiger partial charge >= 0.3 is 6.03 Å². The molecule has 0 saturated carbocycles. The fourth-order valence-electron chi connectivity index (χ4n) is 4.40. The maximum absolute atomic E-state index is 13.6. The first-order valence-electron chi connectivity index (χ1n) is 12.4. The number of amides is 4. The zero-order valence-electron chi connectivity index (χ0n) is 20.6. The van der Waals surface area contributed by atoms with Gasteiger partial charge < -0.3 is 26.4 Å². The lowest BCUT2D eigenvalue weighted by molar-refractivity contribution is -0.139. The van der Waals surface area contributed by atoms with Crippen molar-refractivity contribution in [3.8, 4) is 0 Å². The molecular weight excluding hydrogens is 446 g/mol. The largest absolute Gasteiger partial charge is 0.390 e. The van der Waals surface area contributed by atoms with E-state index in [1.807, 2.05) is 56.3 Å². The minimum atomic E-state index is -1.08. The second-order valence-corrected chi connectivity index (χ2v) is 8.85. The van der Waals surface area contributed by atoms with Gasteiger partial charge in [0, 0.05) is 32.6 Å². The summed E-state index contributed by atoms with van der Waals surface area (Å²) in [6.07, 6.45) is 0.672. The van der Waals surface area contributed by atoms with E-state index in [0.29, 0.717) is 26.1 Å². The van der Waals surface area contributed by atoms with Crippen molar-refractivity contribution in [3.63, 3.8) is 0 Å². The molecule has 0 radical (unpaired) electrons. The fraction of sp³-hybridized carbons (Fsp3) is 0.500. The van der Waals surface area contributed by atoms with Crippen LogP contribution in [0.1, 0.15) is 32.3 Å². The average Bonchev–Trinajstić information content (AvgIpc) is 3.42. The zero-order chi connectivity index (χ0) is 25.4. The third-order valence-electron chi connectivity index (χ3n) is 6.48. The van der Waals surface area contributed by atoms with E-state index in [9.17, 15) is 19.5 Å². The Kier molecular flexibility index (Phi) is 9.59. The van der Waals surface area contributed by atoms with Crippen molar-refractivity contribution in [1.29, 1.82) is 0 Å². The minimum absolute atomic E-state index is 0.0113. The predicted octanol–water partition coefficient (Wildman–Crippen LogP) is 1.23. The number of aliphatic hydroxyl groups excluding tert-OH is 1. The molecule has 35 heavy (non-hydrogen) atoms. The van der Waals surface area contributed by atoms with Crippen molar-refractivity contribution in [3.05, 3.63) is 48.0 Å². The molecule has 1 saturated heterocycles. The molecule has 2 aromatic carbocycles. The molecule has 0 aromatic heterocycles. The molecule has 1 aliphatic heterocycles. The summed E-state index contributed by atoms with van der Waals surface area (Å²) in [5.74, 6) is -0.905. The van der Waals surface area contributed by atoms with Gasteiger partial charge in [0.15, 0.2) is 0 Å². The standard InChI is InChI=1S/C26H37N5O4/c1-3-30(4-2)26(35)31(25(34)22-10-7-13-28-22)23(24(33)29-17-21(32)16-27)15-18-11-12-19-8-5-6-9-20(19)14-18/h5-6,8-9,11-12,14,21-23,28,32H,3-4,7,10,13,15-17,27H2,1-2H3,(H,29,33)/t21?,22-,23+/m0/s1. The Bertz CT molecular complexity index is 1010. The molecular formula is C26H37N5O4. The van der Waals surface area contributed by atoms with Crippen molar-refractivity contribution in [2.24, 2.45) is 5.73 Å². The minimum Gasteiger partial charge on any atom is -0.390 e. The van der Waals surface area contributed by atoms with Gasteiger partial charge in [-0.05, 0) is 49.6 Å². The quantitative estimate of drug-likeness (QED) is 0.402. The number of aliphatic hydroxyl groups is 1. The number of benzene rings is 2. The van der Waals surface area contributed by atoms with Crippen LogP contribution in [0.25, 0.3) is 10.8 Å². The number of fused-ring (bicyclic) bond motifs is 1. The third kappa shape index (κ3) is 6.56. The van der Waals surface area contributed by atoms with Crippen LogP contribution in [0.5, 0.6) is 0 Å². The lowest BCUT2D eigenvalue weighted by atomic mass is 9.99. The number of carbonyl (C=O) groups excluding carboxylic acids is 3. The highest BCUT2D eigenvalue weighted by Gasteiger charge is 2.40. The second-order valence-electron chi connectivity index (χ2n) is 8.85. The van der Waals surface area contributed by atoms with Crippen molar-refractivity contribution in [2.45, 2.75) is 51.3 Å². The summed E-state index contributed by atoms with van der Waals surface area (Å²) in [6.45, 7) is 5.12. The van der Waals surface area contributed by atoms with E-state index in [2.05, 4.69) is 10.6 Å². The molecule has 5 N–H and O–H groups in total. The lowest BCUT2D eigenvalue weighted by Gasteiger charge is -2.35. The number of carbonyl (C=O) groups is 3. The van der Waals surface area contributed by atoms with Crippen LogP contribution in [0.3, 0.4) is 0 Å². The van der Waals surface area contributed by atoms with Crippen LogP contribution >= 0.6 is 0 Å². The monoisotopic (exact) mass is 483 g/mol. The fourth-order valence-corrected chi connectivity index (χ4v) is 4.40. The topological polar surface area (TPSA) is 128 Å². The summed E-state index contributed by atoms with van der Waals surface area (Å²) in [4.78, 5) is 43.3. The molecule has 9 heteroatoms. The van der Waals surface area contributed by atoms with Gasteiger partial charge in [0.2, 0.25) is 11.8 Å². The van der Waals surface area contributed by atoms with Crippen LogP contribution in [0, 0.1) is 0 Å². The van der Waals surface area contributed by atoms with Gasteiger partial charge in [-0.2, -0.15) is 0 Å². The summed E-state index contributed by atoms with van der Waals surface area (Å²) in [5.41, 5.74) is 6.32. The molecule has 0 spiro atoms. The molecule has 0 bridgehead atoms. The first kappa shape index (κ1) is 26.6. The summed E-state index contributed by atoms with van der Waals surface area (Å²) in [6, 6.07) is 11.7. The second kappa shape index (κ2) is 12.6. The van der Waals surface area contributed by atoms with Gasteiger partial charge in [0.05, 0.1) is 12.1 Å². The van der Waals surface area contributed by atoms with Crippen LogP contribution in [-0.2, 0) is 16.0 Å². The number of urea groups is 1. The van der Waals surface area contributed by atoms with Gasteiger partial charge in [-0.3, -0.25) is 9.59 Å². The Balaban J connectivity index is 2.00. The lowest BCUT2D eigenvalue weighted by Crippen LogP contribution is -2.60. The molecule has 190 valence electrons. The molecule has 1 aliphatic rings. The molecule has 1 fully saturated rings. The summed E-state index contributed by atoms with van der Waals surface area (Å²) in [5, 5.41) is 17.8. The normalized spacial score (nSPS) is 17.1. The van der Waals surface area contributed by atoms with Crippen LogP contribution in [0.2, 0.25) is 0 Å². The van der Waals surface area contributed by atoms with Crippen molar-refractivity contribution >= 4 is 28.6 Å². The van der Waals surface area contributed by atoms with Gasteiger partial charge in [-0.15, -0.1) is 0 Å². The molecule has 3 atom stereocenters. The van der Waals surface area contributed by atoms with Crippen LogP contribution in [0.4, 0.5) is 4.79 Å². The molecule has 0 aliphatic carbocycles. The molecule has 1 unspecified atom stereocenters. The Morgan fingerprint density at radius 2 is 1.86 bits per heavy atom. The Morgan fingerprint density at radius 3 is 2.49 bits per heavy atom. The van der Waals surface area contributed by atoms with Crippen molar-refractivity contribution in [1.82, 2.24) is 20.4 Å². The van der Waals surface area contributed by atoms with E-state index in [1.165, 1.54) is 0 Å². The molecule has 3 rings (SSSR count). The molecule has 9 nitrogen and oxygen atoms in total. The van der Waals surface area contributed by atoms with E-state index in [-0.39, 0.29) is 19.5 Å². The van der Waals surface area contributed by atoms with Gasteiger partial charge in [-0.25, -0.2) is 9.69 Å². The average molecular weight is 484 g/mol. The summed E-state index contributed by atoms with van der Waals surface area (Å²) >= 11 is 0. The maximum atomic E-state index is 13.6. The molecule has 1 heterocycles. The van der Waals surface area contributed by atoms with Crippen LogP contribution in [-0.4, -0.2) is 83.7 Å². The molecule has 2 aromatic rings. The SMILES string of the molecule is CCN(CC)C(=O)N(C(=O)[C@@H]1CCCN1)[C@H](Cc1ccc2ccccc2c1)C(=O)NCC(O)CN. The van der Waals surface area contributed by atoms with Crippen molar-refractivity contribution in [2.75, 3.05) is 32.7 Å². The number of hydrogen-bond donors (Lipinski definition) is 4. The highest BCUT2D eigenvalue weighted by atomic mass is 16.3. The highest BCUT2D eigenvalue weighted by Crippen LogP contribution is 2.21. The van der Waals surface area contributed by atoms with E-state index >= 15 is 0 Å². The number of hydrogen-bond acceptors (Lipinski definition) is 6. The van der Waals surface area contributed by atoms with Gasteiger partial charge in [-0.1, -0.05) is 42.5 Å². The first-order chi connectivity index (χ1) is 16.9. The van der Waals surface area contributed by atoms with E-state index in [0.717, 1.165) is 27.7 Å². The van der Waals surface area contributed by atoms with E-state index in [1.54, 1.807) is 4.90 Å². The van der Waals surface area contributed by atoms with Gasteiger partial charge in [0.25, 0.3) is 0 Å².